The van der Waals surface area contributed by atoms with Crippen LogP contribution in [0.15, 0.2) is 41.3 Å². The van der Waals surface area contributed by atoms with Crippen LogP contribution in [0.2, 0.25) is 0 Å². The fourth-order valence-electron chi connectivity index (χ4n) is 2.83. The lowest BCUT2D eigenvalue weighted by atomic mass is 10.0. The van der Waals surface area contributed by atoms with E-state index in [2.05, 4.69) is 10.0 Å². The Morgan fingerprint density at radius 3 is 2.08 bits per heavy atom. The van der Waals surface area contributed by atoms with Crippen LogP contribution in [-0.4, -0.2) is 19.9 Å². The Kier molecular flexibility index (Phi) is 5.58. The van der Waals surface area contributed by atoms with Crippen molar-refractivity contribution in [3.8, 4) is 0 Å². The molecule has 5 nitrogen and oxygen atoms in total. The van der Waals surface area contributed by atoms with Crippen LogP contribution in [0.3, 0.4) is 0 Å². The maximum Gasteiger partial charge on any atom is 0.255 e. The molecule has 2 aromatic carbocycles. The van der Waals surface area contributed by atoms with Crippen molar-refractivity contribution in [3.05, 3.63) is 58.7 Å². The van der Waals surface area contributed by atoms with Crippen molar-refractivity contribution in [2.45, 2.75) is 52.0 Å². The lowest BCUT2D eigenvalue weighted by Crippen LogP contribution is -2.40. The van der Waals surface area contributed by atoms with E-state index in [4.69, 9.17) is 0 Å². The fourth-order valence-corrected chi connectivity index (χ4v) is 4.29. The quantitative estimate of drug-likeness (QED) is 0.851. The molecule has 0 aliphatic heterocycles. The first kappa shape index (κ1) is 20.1. The Hall–Kier alpha value is -2.18. The van der Waals surface area contributed by atoms with Crippen molar-refractivity contribution in [3.63, 3.8) is 0 Å². The van der Waals surface area contributed by atoms with Gasteiger partial charge in [0.1, 0.15) is 0 Å². The van der Waals surface area contributed by atoms with Crippen LogP contribution in [0.5, 0.6) is 0 Å². The van der Waals surface area contributed by atoms with Gasteiger partial charge in [-0.3, -0.25) is 4.79 Å². The minimum atomic E-state index is -3.70. The van der Waals surface area contributed by atoms with Gasteiger partial charge in [-0.15, -0.1) is 0 Å². The SMILES string of the molecule is Cc1cc(C)c(NC(=O)c2cccc(S(=O)(=O)NC(C)(C)C)c2)c(C)c1. The van der Waals surface area contributed by atoms with Gasteiger partial charge in [-0.1, -0.05) is 23.8 Å². The molecule has 140 valence electrons. The largest absolute Gasteiger partial charge is 0.322 e. The van der Waals surface area contributed by atoms with Crippen LogP contribution in [-0.2, 0) is 10.0 Å². The van der Waals surface area contributed by atoms with Crippen molar-refractivity contribution in [1.82, 2.24) is 4.72 Å². The molecular weight excluding hydrogens is 348 g/mol. The number of rotatable bonds is 4. The van der Waals surface area contributed by atoms with Crippen LogP contribution >= 0.6 is 0 Å². The number of nitrogens with one attached hydrogen (secondary N) is 2. The van der Waals surface area contributed by atoms with E-state index in [0.717, 1.165) is 22.4 Å². The summed E-state index contributed by atoms with van der Waals surface area (Å²) in [4.78, 5) is 12.7. The molecule has 0 heterocycles. The van der Waals surface area contributed by atoms with Crippen molar-refractivity contribution in [2.75, 3.05) is 5.32 Å². The van der Waals surface area contributed by atoms with Crippen LogP contribution in [0.25, 0.3) is 0 Å². The highest BCUT2D eigenvalue weighted by atomic mass is 32.2. The number of carbonyl (C=O) groups excluding carboxylic acids is 1. The molecule has 0 bridgehead atoms. The molecule has 1 amide bonds. The summed E-state index contributed by atoms with van der Waals surface area (Å²) in [6, 6.07) is 10.0. The fraction of sp³-hybridized carbons (Fsp3) is 0.350. The Morgan fingerprint density at radius 1 is 0.962 bits per heavy atom. The standard InChI is InChI=1S/C20H26N2O3S/c1-13-10-14(2)18(15(3)11-13)21-19(23)16-8-7-9-17(12-16)26(24,25)22-20(4,5)6/h7-12,22H,1-6H3,(H,21,23). The molecule has 0 atom stereocenters. The number of sulfonamides is 1. The van der Waals surface area contributed by atoms with Gasteiger partial charge in [0.2, 0.25) is 10.0 Å². The summed E-state index contributed by atoms with van der Waals surface area (Å²) in [5.74, 6) is -0.340. The van der Waals surface area contributed by atoms with Gasteiger partial charge >= 0.3 is 0 Å². The highest BCUT2D eigenvalue weighted by Crippen LogP contribution is 2.23. The van der Waals surface area contributed by atoms with Gasteiger partial charge in [0.25, 0.3) is 5.91 Å². The normalized spacial score (nSPS) is 12.1. The van der Waals surface area contributed by atoms with Crippen molar-refractivity contribution < 1.29 is 13.2 Å². The molecule has 2 rings (SSSR count). The first-order chi connectivity index (χ1) is 11.9. The monoisotopic (exact) mass is 374 g/mol. The number of amides is 1. The van der Waals surface area contributed by atoms with Crippen LogP contribution in [0, 0.1) is 20.8 Å². The molecule has 0 radical (unpaired) electrons. The van der Waals surface area contributed by atoms with Gasteiger partial charge in [0.15, 0.2) is 0 Å². The van der Waals surface area contributed by atoms with Gasteiger partial charge < -0.3 is 5.32 Å². The predicted molar refractivity (Wildman–Crippen MR) is 105 cm³/mol. The van der Waals surface area contributed by atoms with Crippen molar-refractivity contribution >= 4 is 21.6 Å². The average Bonchev–Trinajstić information content (AvgIpc) is 2.48. The molecule has 0 unspecified atom stereocenters. The summed E-state index contributed by atoms with van der Waals surface area (Å²) in [5.41, 5.74) is 3.50. The van der Waals surface area contributed by atoms with Crippen LogP contribution in [0.4, 0.5) is 5.69 Å². The van der Waals surface area contributed by atoms with E-state index in [-0.39, 0.29) is 10.8 Å². The highest BCUT2D eigenvalue weighted by molar-refractivity contribution is 7.89. The van der Waals surface area contributed by atoms with E-state index in [9.17, 15) is 13.2 Å². The van der Waals surface area contributed by atoms with Crippen molar-refractivity contribution in [2.24, 2.45) is 0 Å². The predicted octanol–water partition coefficient (Wildman–Crippen LogP) is 3.94. The van der Waals surface area contributed by atoms with E-state index in [1.54, 1.807) is 32.9 Å². The lowest BCUT2D eigenvalue weighted by Gasteiger charge is -2.20. The third-order valence-corrected chi connectivity index (χ3v) is 5.52. The second kappa shape index (κ2) is 7.21. The molecule has 2 aromatic rings. The van der Waals surface area contributed by atoms with Gasteiger partial charge in [-0.05, 0) is 70.9 Å². The first-order valence-electron chi connectivity index (χ1n) is 8.42. The zero-order chi connectivity index (χ0) is 19.7. The summed E-state index contributed by atoms with van der Waals surface area (Å²) in [6.07, 6.45) is 0. The molecule has 26 heavy (non-hydrogen) atoms. The van der Waals surface area contributed by atoms with Gasteiger partial charge in [0.05, 0.1) is 4.90 Å². The number of hydrogen-bond acceptors (Lipinski definition) is 3. The molecule has 6 heteroatoms. The average molecular weight is 375 g/mol. The molecule has 0 aromatic heterocycles. The summed E-state index contributed by atoms with van der Waals surface area (Å²) in [7, 11) is -3.70. The second-order valence-electron chi connectivity index (χ2n) is 7.61. The third-order valence-electron chi connectivity index (χ3n) is 3.76. The summed E-state index contributed by atoms with van der Waals surface area (Å²) in [5, 5.41) is 2.89. The molecule has 0 aliphatic carbocycles. The third kappa shape index (κ3) is 4.93. The molecule has 0 saturated heterocycles. The molecule has 2 N–H and O–H groups in total. The number of anilines is 1. The minimum Gasteiger partial charge on any atom is -0.322 e. The highest BCUT2D eigenvalue weighted by Gasteiger charge is 2.23. The number of aryl methyl sites for hydroxylation is 3. The molecule has 0 fully saturated rings. The molecule has 0 spiro atoms. The molecular formula is C20H26N2O3S. The Bertz CT molecular complexity index is 919. The van der Waals surface area contributed by atoms with E-state index in [1.807, 2.05) is 32.9 Å². The molecule has 0 aliphatic rings. The van der Waals surface area contributed by atoms with E-state index >= 15 is 0 Å². The van der Waals surface area contributed by atoms with Crippen LogP contribution in [0.1, 0.15) is 47.8 Å². The van der Waals surface area contributed by atoms with Crippen molar-refractivity contribution in [1.29, 1.82) is 0 Å². The second-order valence-corrected chi connectivity index (χ2v) is 9.29. The van der Waals surface area contributed by atoms with Gasteiger partial charge in [-0.2, -0.15) is 0 Å². The smallest absolute Gasteiger partial charge is 0.255 e. The van der Waals surface area contributed by atoms with E-state index in [1.165, 1.54) is 12.1 Å². The Balaban J connectivity index is 2.32. The number of carbonyl (C=O) groups is 1. The van der Waals surface area contributed by atoms with Crippen LogP contribution < -0.4 is 10.0 Å². The van der Waals surface area contributed by atoms with Gasteiger partial charge in [-0.25, -0.2) is 13.1 Å². The van der Waals surface area contributed by atoms with E-state index < -0.39 is 15.6 Å². The number of benzene rings is 2. The zero-order valence-electron chi connectivity index (χ0n) is 16.1. The van der Waals surface area contributed by atoms with E-state index in [0.29, 0.717) is 5.56 Å². The lowest BCUT2D eigenvalue weighted by molar-refractivity contribution is 0.102. The summed E-state index contributed by atoms with van der Waals surface area (Å²) in [6.45, 7) is 11.2. The maximum atomic E-state index is 12.6. The maximum absolute atomic E-state index is 12.6. The summed E-state index contributed by atoms with van der Waals surface area (Å²) >= 11 is 0. The Labute approximate surface area is 155 Å². The Morgan fingerprint density at radius 2 is 1.54 bits per heavy atom. The topological polar surface area (TPSA) is 75.3 Å². The van der Waals surface area contributed by atoms with Gasteiger partial charge in [0, 0.05) is 16.8 Å². The zero-order valence-corrected chi connectivity index (χ0v) is 16.9. The first-order valence-corrected chi connectivity index (χ1v) is 9.90. The summed E-state index contributed by atoms with van der Waals surface area (Å²) < 4.78 is 27.6. The number of hydrogen-bond donors (Lipinski definition) is 2. The minimum absolute atomic E-state index is 0.0671. The molecule has 0 saturated carbocycles.